The fourth-order valence-electron chi connectivity index (χ4n) is 1.57. The van der Waals surface area contributed by atoms with Gasteiger partial charge >= 0.3 is 5.97 Å². The van der Waals surface area contributed by atoms with Crippen LogP contribution < -0.4 is 11.5 Å². The Kier molecular flexibility index (Phi) is 3.82. The highest BCUT2D eigenvalue weighted by Gasteiger charge is 2.34. The molecule has 0 radical (unpaired) electrons. The molecule has 0 aromatic rings. The third-order valence-corrected chi connectivity index (χ3v) is 2.36. The van der Waals surface area contributed by atoms with Crippen LogP contribution in [0.15, 0.2) is 0 Å². The lowest BCUT2D eigenvalue weighted by Gasteiger charge is -2.34. The van der Waals surface area contributed by atoms with Crippen molar-refractivity contribution < 1.29 is 19.7 Å². The van der Waals surface area contributed by atoms with Crippen LogP contribution in [0.4, 0.5) is 0 Å². The summed E-state index contributed by atoms with van der Waals surface area (Å²) in [5, 5.41) is 18.1. The summed E-state index contributed by atoms with van der Waals surface area (Å²) in [4.78, 5) is 10.6. The van der Waals surface area contributed by atoms with Gasteiger partial charge in [0, 0.05) is 19.4 Å². The quantitative estimate of drug-likeness (QED) is 0.433. The third kappa shape index (κ3) is 2.65. The first-order valence-electron chi connectivity index (χ1n) is 4.56. The number of nitrogens with two attached hydrogens (primary N) is 2. The Hall–Kier alpha value is -0.690. The van der Waals surface area contributed by atoms with Crippen LogP contribution in [0.1, 0.15) is 12.8 Å². The van der Waals surface area contributed by atoms with Gasteiger partial charge in [-0.1, -0.05) is 0 Å². The molecule has 4 unspecified atom stereocenters. The molecule has 6 nitrogen and oxygen atoms in total. The Labute approximate surface area is 81.8 Å². The molecule has 1 saturated heterocycles. The molecule has 0 saturated carbocycles. The van der Waals surface area contributed by atoms with Gasteiger partial charge in [0.2, 0.25) is 0 Å². The van der Waals surface area contributed by atoms with Crippen LogP contribution >= 0.6 is 0 Å². The predicted octanol–water partition coefficient (Wildman–Crippen LogP) is -1.73. The number of carboxylic acid groups (broad SMARTS) is 1. The maximum Gasteiger partial charge on any atom is 0.323 e. The molecule has 6 N–H and O–H groups in total. The van der Waals surface area contributed by atoms with Crippen LogP contribution in [0.5, 0.6) is 0 Å². The summed E-state index contributed by atoms with van der Waals surface area (Å²) in [5.74, 6) is -1.13. The molecule has 1 aliphatic heterocycles. The van der Waals surface area contributed by atoms with Gasteiger partial charge in [-0.25, -0.2) is 0 Å². The van der Waals surface area contributed by atoms with Crippen molar-refractivity contribution in [3.63, 3.8) is 0 Å². The van der Waals surface area contributed by atoms with Gasteiger partial charge in [-0.05, 0) is 0 Å². The second-order valence-electron chi connectivity index (χ2n) is 3.52. The lowest BCUT2D eigenvalue weighted by atomic mass is 9.97. The number of hydrogen-bond donors (Lipinski definition) is 4. The predicted molar refractivity (Wildman–Crippen MR) is 48.6 cm³/mol. The number of carboxylic acids is 1. The van der Waals surface area contributed by atoms with E-state index in [1.54, 1.807) is 0 Å². The van der Waals surface area contributed by atoms with E-state index in [1.807, 2.05) is 0 Å². The van der Waals surface area contributed by atoms with Gasteiger partial charge in [-0.2, -0.15) is 0 Å². The Morgan fingerprint density at radius 1 is 1.57 bits per heavy atom. The van der Waals surface area contributed by atoms with E-state index in [-0.39, 0.29) is 19.1 Å². The minimum absolute atomic E-state index is 0.254. The maximum atomic E-state index is 10.6. The van der Waals surface area contributed by atoms with E-state index in [2.05, 4.69) is 0 Å². The molecule has 0 aromatic carbocycles. The number of aliphatic hydroxyl groups excluding tert-OH is 1. The Balaban J connectivity index is 2.56. The smallest absolute Gasteiger partial charge is 0.323 e. The molecule has 0 aliphatic carbocycles. The molecule has 0 amide bonds. The molecule has 0 bridgehead atoms. The molecule has 14 heavy (non-hydrogen) atoms. The lowest BCUT2D eigenvalue weighted by molar-refractivity contribution is -0.149. The highest BCUT2D eigenvalue weighted by molar-refractivity contribution is 5.73. The second kappa shape index (κ2) is 4.70. The van der Waals surface area contributed by atoms with Crippen molar-refractivity contribution in [3.8, 4) is 0 Å². The van der Waals surface area contributed by atoms with Crippen LogP contribution in [-0.2, 0) is 9.53 Å². The van der Waals surface area contributed by atoms with E-state index in [0.717, 1.165) is 0 Å². The number of carbonyl (C=O) groups is 1. The molecule has 0 spiro atoms. The summed E-state index contributed by atoms with van der Waals surface area (Å²) in [7, 11) is 0. The van der Waals surface area contributed by atoms with Crippen molar-refractivity contribution >= 4 is 5.97 Å². The number of hydrogen-bond acceptors (Lipinski definition) is 5. The van der Waals surface area contributed by atoms with E-state index in [0.29, 0.717) is 6.42 Å². The van der Waals surface area contributed by atoms with Crippen molar-refractivity contribution in [3.05, 3.63) is 0 Å². The van der Waals surface area contributed by atoms with Crippen LogP contribution in [0, 0.1) is 0 Å². The fourth-order valence-corrected chi connectivity index (χ4v) is 1.57. The first-order chi connectivity index (χ1) is 6.54. The van der Waals surface area contributed by atoms with Crippen molar-refractivity contribution in [1.29, 1.82) is 0 Å². The molecule has 1 fully saturated rings. The molecule has 4 atom stereocenters. The van der Waals surface area contributed by atoms with E-state index in [9.17, 15) is 9.90 Å². The Morgan fingerprint density at radius 2 is 2.21 bits per heavy atom. The van der Waals surface area contributed by atoms with Crippen LogP contribution in [0.3, 0.4) is 0 Å². The Bertz CT molecular complexity index is 212. The summed E-state index contributed by atoms with van der Waals surface area (Å²) >= 11 is 0. The second-order valence-corrected chi connectivity index (χ2v) is 3.52. The van der Waals surface area contributed by atoms with Crippen LogP contribution in [0.2, 0.25) is 0 Å². The van der Waals surface area contributed by atoms with E-state index in [1.165, 1.54) is 0 Å². The minimum Gasteiger partial charge on any atom is -0.480 e. The lowest BCUT2D eigenvalue weighted by Crippen LogP contribution is -2.51. The summed E-state index contributed by atoms with van der Waals surface area (Å²) in [6.45, 7) is 0.264. The van der Waals surface area contributed by atoms with Gasteiger partial charge in [0.15, 0.2) is 0 Å². The topological polar surface area (TPSA) is 119 Å². The van der Waals surface area contributed by atoms with Gasteiger partial charge in [0.1, 0.15) is 6.04 Å². The average Bonchev–Trinajstić information content (AvgIpc) is 2.15. The molecule has 1 heterocycles. The molecular formula is C8H16N2O4. The average molecular weight is 204 g/mol. The maximum absolute atomic E-state index is 10.6. The third-order valence-electron chi connectivity index (χ3n) is 2.36. The summed E-state index contributed by atoms with van der Waals surface area (Å²) in [6, 6.07) is -1.10. The molecular weight excluding hydrogens is 188 g/mol. The zero-order valence-electron chi connectivity index (χ0n) is 7.80. The fraction of sp³-hybridized carbons (Fsp3) is 0.875. The minimum atomic E-state index is -1.13. The normalized spacial score (nSPS) is 35.2. The highest BCUT2D eigenvalue weighted by Crippen LogP contribution is 2.20. The van der Waals surface area contributed by atoms with Crippen molar-refractivity contribution in [2.45, 2.75) is 37.2 Å². The SMILES string of the molecule is NCC1CC(O)CC(C(N)C(=O)O)O1. The van der Waals surface area contributed by atoms with E-state index < -0.39 is 24.2 Å². The Morgan fingerprint density at radius 3 is 2.71 bits per heavy atom. The van der Waals surface area contributed by atoms with Crippen LogP contribution in [0.25, 0.3) is 0 Å². The monoisotopic (exact) mass is 204 g/mol. The number of aliphatic carboxylic acids is 1. The molecule has 0 aromatic heterocycles. The molecule has 82 valence electrons. The van der Waals surface area contributed by atoms with Gasteiger partial charge in [0.25, 0.3) is 0 Å². The molecule has 6 heteroatoms. The largest absolute Gasteiger partial charge is 0.480 e. The van der Waals surface area contributed by atoms with Crippen LogP contribution in [-0.4, -0.2) is 47.1 Å². The highest BCUT2D eigenvalue weighted by atomic mass is 16.5. The number of ether oxygens (including phenoxy) is 1. The zero-order chi connectivity index (χ0) is 10.7. The van der Waals surface area contributed by atoms with Gasteiger partial charge in [-0.3, -0.25) is 4.79 Å². The first-order valence-corrected chi connectivity index (χ1v) is 4.56. The summed E-state index contributed by atoms with van der Waals surface area (Å²) < 4.78 is 5.34. The van der Waals surface area contributed by atoms with Crippen molar-refractivity contribution in [2.24, 2.45) is 11.5 Å². The summed E-state index contributed by atoms with van der Waals surface area (Å²) in [6.07, 6.45) is -0.824. The van der Waals surface area contributed by atoms with Gasteiger partial charge in [-0.15, -0.1) is 0 Å². The van der Waals surface area contributed by atoms with Gasteiger partial charge < -0.3 is 26.4 Å². The first kappa shape index (κ1) is 11.4. The standard InChI is InChI=1S/C8H16N2O4/c9-3-5-1-4(11)2-6(14-5)7(10)8(12)13/h4-7,11H,1-3,9-10H2,(H,12,13). The number of rotatable bonds is 3. The van der Waals surface area contributed by atoms with Gasteiger partial charge in [0.05, 0.1) is 18.3 Å². The summed E-state index contributed by atoms with van der Waals surface area (Å²) in [5.41, 5.74) is 10.8. The van der Waals surface area contributed by atoms with Crippen molar-refractivity contribution in [2.75, 3.05) is 6.54 Å². The van der Waals surface area contributed by atoms with E-state index in [4.69, 9.17) is 21.3 Å². The molecule has 1 aliphatic rings. The number of aliphatic hydroxyl groups is 1. The molecule has 1 rings (SSSR count). The zero-order valence-corrected chi connectivity index (χ0v) is 7.80. The van der Waals surface area contributed by atoms with E-state index >= 15 is 0 Å². The van der Waals surface area contributed by atoms with Crippen molar-refractivity contribution in [1.82, 2.24) is 0 Å².